The van der Waals surface area contributed by atoms with E-state index in [2.05, 4.69) is 65.6 Å². The van der Waals surface area contributed by atoms with Crippen molar-refractivity contribution in [3.8, 4) is 0 Å². The van der Waals surface area contributed by atoms with Gasteiger partial charge in [0, 0.05) is 12.0 Å². The molecule has 1 aromatic carbocycles. The van der Waals surface area contributed by atoms with E-state index in [9.17, 15) is 9.59 Å². The number of carbonyl (C=O) groups is 2. The summed E-state index contributed by atoms with van der Waals surface area (Å²) < 4.78 is 15.3. The third kappa shape index (κ3) is 13.1. The van der Waals surface area contributed by atoms with Crippen molar-refractivity contribution in [2.24, 2.45) is 0 Å². The van der Waals surface area contributed by atoms with E-state index < -0.39 is 0 Å². The van der Waals surface area contributed by atoms with Crippen molar-refractivity contribution in [2.45, 2.75) is 122 Å². The Balaban J connectivity index is 2.08. The van der Waals surface area contributed by atoms with Crippen LogP contribution < -0.4 is 4.57 Å². The lowest BCUT2D eigenvalue weighted by molar-refractivity contribution is -0.688. The summed E-state index contributed by atoms with van der Waals surface area (Å²) in [6.45, 7) is 8.59. The summed E-state index contributed by atoms with van der Waals surface area (Å²) in [5, 5.41) is 0. The predicted octanol–water partition coefficient (Wildman–Crippen LogP) is 7.51. The molecule has 2 atom stereocenters. The summed E-state index contributed by atoms with van der Waals surface area (Å²) in [4.78, 5) is 24.0. The van der Waals surface area contributed by atoms with Crippen LogP contribution in [0.5, 0.6) is 0 Å². The van der Waals surface area contributed by atoms with Crippen LogP contribution in [0.3, 0.4) is 0 Å². The summed E-state index contributed by atoms with van der Waals surface area (Å²) >= 11 is 0. The van der Waals surface area contributed by atoms with E-state index in [4.69, 9.17) is 9.47 Å². The fourth-order valence-electron chi connectivity index (χ4n) is 4.97. The zero-order valence-corrected chi connectivity index (χ0v) is 24.6. The van der Waals surface area contributed by atoms with E-state index in [1.807, 2.05) is 6.07 Å². The first-order valence-electron chi connectivity index (χ1n) is 15.0. The van der Waals surface area contributed by atoms with Gasteiger partial charge in [-0.05, 0) is 44.6 Å². The van der Waals surface area contributed by atoms with Crippen LogP contribution in [0.1, 0.15) is 115 Å². The van der Waals surface area contributed by atoms with Crippen molar-refractivity contribution >= 4 is 11.9 Å². The Labute approximate surface area is 236 Å². The number of benzene rings is 1. The van der Waals surface area contributed by atoms with Crippen LogP contribution in [0.4, 0.5) is 0 Å². The van der Waals surface area contributed by atoms with E-state index in [1.165, 1.54) is 44.8 Å². The highest BCUT2D eigenvalue weighted by Crippen LogP contribution is 2.27. The Morgan fingerprint density at radius 1 is 0.923 bits per heavy atom. The van der Waals surface area contributed by atoms with Gasteiger partial charge in [0.25, 0.3) is 0 Å². The number of rotatable bonds is 21. The number of esters is 2. The Morgan fingerprint density at radius 2 is 1.56 bits per heavy atom. The molecular formula is C33H51N2O4+. The number of carbonyl (C=O) groups excluding carboxylic acids is 2. The van der Waals surface area contributed by atoms with Crippen molar-refractivity contribution in [3.05, 3.63) is 66.8 Å². The third-order valence-electron chi connectivity index (χ3n) is 7.29. The molecule has 216 valence electrons. The molecule has 0 bridgehead atoms. The molecule has 39 heavy (non-hydrogen) atoms. The first-order chi connectivity index (χ1) is 18.9. The summed E-state index contributed by atoms with van der Waals surface area (Å²) in [6.07, 6.45) is 20.8. The van der Waals surface area contributed by atoms with Gasteiger partial charge in [0.15, 0.2) is 0 Å². The van der Waals surface area contributed by atoms with Crippen molar-refractivity contribution in [2.75, 3.05) is 7.11 Å². The van der Waals surface area contributed by atoms with Crippen LogP contribution in [0.2, 0.25) is 0 Å². The van der Waals surface area contributed by atoms with Crippen LogP contribution in [-0.4, -0.2) is 29.7 Å². The largest absolute Gasteiger partial charge is 0.469 e. The SMILES string of the molecule is C=C(C)C(=O)OC(CCCCCCCC(=O)OC)C(CCCCCCCC)n1cc[n+](Cc2ccccc2)c1. The van der Waals surface area contributed by atoms with Gasteiger partial charge in [-0.25, -0.2) is 13.9 Å². The molecule has 2 unspecified atom stereocenters. The van der Waals surface area contributed by atoms with Crippen LogP contribution >= 0.6 is 0 Å². The summed E-state index contributed by atoms with van der Waals surface area (Å²) in [6, 6.07) is 10.5. The Hall–Kier alpha value is -2.89. The van der Waals surface area contributed by atoms with Gasteiger partial charge in [0.05, 0.1) is 7.11 Å². The monoisotopic (exact) mass is 539 g/mol. The fraction of sp³-hybridized carbons (Fsp3) is 0.606. The quantitative estimate of drug-likeness (QED) is 0.0713. The zero-order chi connectivity index (χ0) is 28.3. The van der Waals surface area contributed by atoms with Crippen molar-refractivity contribution < 1.29 is 23.6 Å². The highest BCUT2D eigenvalue weighted by molar-refractivity contribution is 5.87. The second-order valence-electron chi connectivity index (χ2n) is 10.7. The van der Waals surface area contributed by atoms with Crippen molar-refractivity contribution in [1.82, 2.24) is 4.57 Å². The minimum Gasteiger partial charge on any atom is -0.469 e. The highest BCUT2D eigenvalue weighted by atomic mass is 16.5. The molecule has 6 nitrogen and oxygen atoms in total. The first kappa shape index (κ1) is 32.3. The van der Waals surface area contributed by atoms with E-state index in [1.54, 1.807) is 6.92 Å². The lowest BCUT2D eigenvalue weighted by atomic mass is 9.97. The third-order valence-corrected chi connectivity index (χ3v) is 7.29. The Bertz CT molecular complexity index is 969. The predicted molar refractivity (Wildman–Crippen MR) is 156 cm³/mol. The Kier molecular flexibility index (Phi) is 15.9. The topological polar surface area (TPSA) is 61.4 Å². The van der Waals surface area contributed by atoms with Gasteiger partial charge in [-0.2, -0.15) is 0 Å². The molecule has 0 amide bonds. The smallest absolute Gasteiger partial charge is 0.333 e. The van der Waals surface area contributed by atoms with E-state index in [0.717, 1.165) is 57.9 Å². The van der Waals surface area contributed by atoms with Gasteiger partial charge < -0.3 is 9.47 Å². The van der Waals surface area contributed by atoms with Gasteiger partial charge >= 0.3 is 11.9 Å². The molecule has 1 heterocycles. The Morgan fingerprint density at radius 3 is 2.23 bits per heavy atom. The number of aromatic nitrogens is 2. The highest BCUT2D eigenvalue weighted by Gasteiger charge is 2.30. The molecule has 6 heteroatoms. The number of methoxy groups -OCH3 is 1. The van der Waals surface area contributed by atoms with Gasteiger partial charge in [0.2, 0.25) is 6.33 Å². The lowest BCUT2D eigenvalue weighted by Crippen LogP contribution is -2.34. The van der Waals surface area contributed by atoms with Crippen LogP contribution in [0.25, 0.3) is 0 Å². The molecule has 2 rings (SSSR count). The van der Waals surface area contributed by atoms with Gasteiger partial charge in [0.1, 0.15) is 31.1 Å². The summed E-state index contributed by atoms with van der Waals surface area (Å²) in [5.41, 5.74) is 1.69. The maximum atomic E-state index is 12.7. The number of unbranched alkanes of at least 4 members (excludes halogenated alkanes) is 9. The van der Waals surface area contributed by atoms with Crippen LogP contribution in [0, 0.1) is 0 Å². The first-order valence-corrected chi connectivity index (χ1v) is 15.0. The number of imidazole rings is 1. The van der Waals surface area contributed by atoms with Gasteiger partial charge in [-0.1, -0.05) is 95.2 Å². The molecule has 0 saturated carbocycles. The zero-order valence-electron chi connectivity index (χ0n) is 24.6. The molecular weight excluding hydrogens is 488 g/mol. The van der Waals surface area contributed by atoms with Gasteiger partial charge in [-0.3, -0.25) is 4.79 Å². The molecule has 0 aliphatic rings. The normalized spacial score (nSPS) is 12.6. The van der Waals surface area contributed by atoms with E-state index >= 15 is 0 Å². The fourth-order valence-corrected chi connectivity index (χ4v) is 4.97. The van der Waals surface area contributed by atoms with Crippen molar-refractivity contribution in [1.29, 1.82) is 0 Å². The maximum absolute atomic E-state index is 12.7. The minimum atomic E-state index is -0.310. The second-order valence-corrected chi connectivity index (χ2v) is 10.7. The van der Waals surface area contributed by atoms with Crippen molar-refractivity contribution in [3.63, 3.8) is 0 Å². The average molecular weight is 540 g/mol. The molecule has 0 aliphatic carbocycles. The number of hydrogen-bond acceptors (Lipinski definition) is 4. The molecule has 0 spiro atoms. The molecule has 1 aromatic heterocycles. The minimum absolute atomic E-state index is 0.0795. The molecule has 0 saturated heterocycles. The number of ether oxygens (including phenoxy) is 2. The summed E-state index contributed by atoms with van der Waals surface area (Å²) in [7, 11) is 1.43. The summed E-state index contributed by atoms with van der Waals surface area (Å²) in [5.74, 6) is -0.453. The number of hydrogen-bond donors (Lipinski definition) is 0. The average Bonchev–Trinajstić information content (AvgIpc) is 3.39. The van der Waals surface area contributed by atoms with E-state index in [-0.39, 0.29) is 24.1 Å². The molecule has 0 fully saturated rings. The molecule has 0 N–H and O–H groups in total. The number of nitrogens with zero attached hydrogens (tertiary/aromatic N) is 2. The van der Waals surface area contributed by atoms with E-state index in [0.29, 0.717) is 12.0 Å². The van der Waals surface area contributed by atoms with Crippen LogP contribution in [0.15, 0.2) is 61.2 Å². The van der Waals surface area contributed by atoms with Crippen LogP contribution in [-0.2, 0) is 25.6 Å². The molecule has 2 aromatic rings. The molecule has 0 radical (unpaired) electrons. The maximum Gasteiger partial charge on any atom is 0.333 e. The molecule has 0 aliphatic heterocycles. The van der Waals surface area contributed by atoms with Gasteiger partial charge in [-0.15, -0.1) is 0 Å². The lowest BCUT2D eigenvalue weighted by Gasteiger charge is -2.25. The second kappa shape index (κ2) is 19.2. The standard InChI is InChI=1S/C33H51N2O4/c1-5-6-7-8-10-16-21-30(35-25-24-34(27-35)26-29-19-14-13-15-20-29)31(39-33(37)28(2)3)22-17-11-9-12-18-23-32(36)38-4/h13-15,19-20,24-25,27,30-31H,2,5-12,16-18,21-23,26H2,1,3-4H3/q+1.